The highest BCUT2D eigenvalue weighted by Gasteiger charge is 2.22. The number of benzene rings is 1. The SMILES string of the molecule is COc1ccc2c(c1)CCN(C=O)[C@@H]2C. The van der Waals surface area contributed by atoms with Crippen molar-refractivity contribution in [3.8, 4) is 5.75 Å². The lowest BCUT2D eigenvalue weighted by molar-refractivity contribution is -0.120. The molecular weight excluding hydrogens is 190 g/mol. The van der Waals surface area contributed by atoms with Crippen LogP contribution < -0.4 is 4.74 Å². The van der Waals surface area contributed by atoms with Crippen molar-refractivity contribution in [2.24, 2.45) is 0 Å². The second-order valence-corrected chi connectivity index (χ2v) is 3.83. The molecule has 0 saturated carbocycles. The number of amides is 1. The van der Waals surface area contributed by atoms with Gasteiger partial charge in [0.25, 0.3) is 0 Å². The fourth-order valence-corrected chi connectivity index (χ4v) is 2.10. The molecule has 1 atom stereocenters. The van der Waals surface area contributed by atoms with Crippen molar-refractivity contribution in [1.29, 1.82) is 0 Å². The molecule has 0 radical (unpaired) electrons. The minimum atomic E-state index is 0.178. The molecule has 0 saturated heterocycles. The van der Waals surface area contributed by atoms with E-state index >= 15 is 0 Å². The summed E-state index contributed by atoms with van der Waals surface area (Å²) in [6, 6.07) is 6.24. The quantitative estimate of drug-likeness (QED) is 0.689. The third-order valence-corrected chi connectivity index (χ3v) is 3.07. The molecular formula is C12H15NO2. The fourth-order valence-electron chi connectivity index (χ4n) is 2.10. The zero-order chi connectivity index (χ0) is 10.8. The van der Waals surface area contributed by atoms with Gasteiger partial charge in [-0.05, 0) is 36.6 Å². The Morgan fingerprint density at radius 3 is 3.00 bits per heavy atom. The molecule has 1 heterocycles. The van der Waals surface area contributed by atoms with E-state index in [4.69, 9.17) is 4.74 Å². The monoisotopic (exact) mass is 205 g/mol. The van der Waals surface area contributed by atoms with Crippen molar-refractivity contribution in [2.45, 2.75) is 19.4 Å². The average Bonchev–Trinajstić information content (AvgIpc) is 2.29. The molecule has 80 valence electrons. The van der Waals surface area contributed by atoms with E-state index in [1.54, 1.807) is 7.11 Å². The van der Waals surface area contributed by atoms with Crippen molar-refractivity contribution in [3.63, 3.8) is 0 Å². The van der Waals surface area contributed by atoms with Crippen molar-refractivity contribution in [3.05, 3.63) is 29.3 Å². The molecule has 0 fully saturated rings. The maximum absolute atomic E-state index is 10.8. The Morgan fingerprint density at radius 1 is 1.53 bits per heavy atom. The summed E-state index contributed by atoms with van der Waals surface area (Å²) >= 11 is 0. The number of nitrogens with zero attached hydrogens (tertiary/aromatic N) is 1. The number of rotatable bonds is 2. The number of hydrogen-bond donors (Lipinski definition) is 0. The molecule has 3 nitrogen and oxygen atoms in total. The normalized spacial score (nSPS) is 19.6. The summed E-state index contributed by atoms with van der Waals surface area (Å²) in [5.74, 6) is 0.889. The Balaban J connectivity index is 2.36. The Morgan fingerprint density at radius 2 is 2.33 bits per heavy atom. The van der Waals surface area contributed by atoms with E-state index in [-0.39, 0.29) is 6.04 Å². The number of hydrogen-bond acceptors (Lipinski definition) is 2. The van der Waals surface area contributed by atoms with Gasteiger partial charge in [0.05, 0.1) is 13.2 Å². The fraction of sp³-hybridized carbons (Fsp3) is 0.417. The van der Waals surface area contributed by atoms with Crippen LogP contribution in [0.1, 0.15) is 24.1 Å². The van der Waals surface area contributed by atoms with E-state index in [0.717, 1.165) is 25.1 Å². The number of carbonyl (C=O) groups excluding carboxylic acids is 1. The highest BCUT2D eigenvalue weighted by Crippen LogP contribution is 2.30. The van der Waals surface area contributed by atoms with Gasteiger partial charge in [0.1, 0.15) is 5.75 Å². The van der Waals surface area contributed by atoms with Crippen LogP contribution in [0.3, 0.4) is 0 Å². The minimum absolute atomic E-state index is 0.178. The second kappa shape index (κ2) is 3.93. The average molecular weight is 205 g/mol. The number of carbonyl (C=O) groups is 1. The van der Waals surface area contributed by atoms with Gasteiger partial charge in [0.2, 0.25) is 6.41 Å². The lowest BCUT2D eigenvalue weighted by atomic mass is 9.94. The van der Waals surface area contributed by atoms with E-state index < -0.39 is 0 Å². The van der Waals surface area contributed by atoms with E-state index in [2.05, 4.69) is 19.1 Å². The van der Waals surface area contributed by atoms with Gasteiger partial charge in [-0.15, -0.1) is 0 Å². The predicted octanol–water partition coefficient (Wildman–Crippen LogP) is 1.77. The van der Waals surface area contributed by atoms with Gasteiger partial charge in [-0.2, -0.15) is 0 Å². The van der Waals surface area contributed by atoms with Gasteiger partial charge in [-0.3, -0.25) is 4.79 Å². The van der Waals surface area contributed by atoms with Crippen LogP contribution in [-0.4, -0.2) is 25.0 Å². The summed E-state index contributed by atoms with van der Waals surface area (Å²) < 4.78 is 5.19. The van der Waals surface area contributed by atoms with Crippen LogP contribution in [0, 0.1) is 0 Å². The molecule has 2 rings (SSSR count). The van der Waals surface area contributed by atoms with Crippen LogP contribution in [0.4, 0.5) is 0 Å². The highest BCUT2D eigenvalue weighted by molar-refractivity contribution is 5.51. The van der Waals surface area contributed by atoms with E-state index in [1.807, 2.05) is 11.0 Å². The molecule has 0 unspecified atom stereocenters. The molecule has 0 aliphatic carbocycles. The Bertz CT molecular complexity index is 376. The van der Waals surface area contributed by atoms with Crippen molar-refractivity contribution in [1.82, 2.24) is 4.90 Å². The lowest BCUT2D eigenvalue weighted by Gasteiger charge is -2.32. The van der Waals surface area contributed by atoms with Gasteiger partial charge in [-0.25, -0.2) is 0 Å². The standard InChI is InChI=1S/C12H15NO2/c1-9-12-4-3-11(15-2)7-10(12)5-6-13(9)8-14/h3-4,7-9H,5-6H2,1-2H3/t9-/m1/s1. The topological polar surface area (TPSA) is 29.5 Å². The molecule has 3 heteroatoms. The lowest BCUT2D eigenvalue weighted by Crippen LogP contribution is -2.32. The summed E-state index contributed by atoms with van der Waals surface area (Å²) in [4.78, 5) is 12.6. The van der Waals surface area contributed by atoms with Crippen LogP contribution in [0.5, 0.6) is 5.75 Å². The summed E-state index contributed by atoms with van der Waals surface area (Å²) in [5, 5.41) is 0. The highest BCUT2D eigenvalue weighted by atomic mass is 16.5. The first-order valence-electron chi connectivity index (χ1n) is 5.14. The largest absolute Gasteiger partial charge is 0.497 e. The minimum Gasteiger partial charge on any atom is -0.497 e. The van der Waals surface area contributed by atoms with Gasteiger partial charge >= 0.3 is 0 Å². The maximum atomic E-state index is 10.8. The Kier molecular flexibility index (Phi) is 2.62. The van der Waals surface area contributed by atoms with E-state index in [0.29, 0.717) is 0 Å². The van der Waals surface area contributed by atoms with Crippen molar-refractivity contribution >= 4 is 6.41 Å². The first kappa shape index (κ1) is 10.0. The molecule has 0 N–H and O–H groups in total. The summed E-state index contributed by atoms with van der Waals surface area (Å²) in [7, 11) is 1.67. The molecule has 1 aromatic carbocycles. The molecule has 0 bridgehead atoms. The first-order valence-corrected chi connectivity index (χ1v) is 5.14. The molecule has 0 aromatic heterocycles. The first-order chi connectivity index (χ1) is 7.26. The van der Waals surface area contributed by atoms with E-state index in [1.165, 1.54) is 11.1 Å². The van der Waals surface area contributed by atoms with Crippen molar-refractivity contribution < 1.29 is 9.53 Å². The second-order valence-electron chi connectivity index (χ2n) is 3.83. The third kappa shape index (κ3) is 1.69. The number of methoxy groups -OCH3 is 1. The molecule has 1 aliphatic rings. The third-order valence-electron chi connectivity index (χ3n) is 3.07. The number of fused-ring (bicyclic) bond motifs is 1. The zero-order valence-electron chi connectivity index (χ0n) is 9.06. The summed E-state index contributed by atoms with van der Waals surface area (Å²) in [6.45, 7) is 2.85. The zero-order valence-corrected chi connectivity index (χ0v) is 9.06. The van der Waals surface area contributed by atoms with E-state index in [9.17, 15) is 4.79 Å². The molecule has 0 spiro atoms. The van der Waals surface area contributed by atoms with Crippen LogP contribution in [-0.2, 0) is 11.2 Å². The Labute approximate surface area is 89.7 Å². The van der Waals surface area contributed by atoms with Gasteiger partial charge in [0, 0.05) is 6.54 Å². The molecule has 15 heavy (non-hydrogen) atoms. The van der Waals surface area contributed by atoms with Crippen LogP contribution in [0.2, 0.25) is 0 Å². The van der Waals surface area contributed by atoms with Gasteiger partial charge in [-0.1, -0.05) is 6.07 Å². The van der Waals surface area contributed by atoms with Crippen LogP contribution in [0.15, 0.2) is 18.2 Å². The molecule has 1 amide bonds. The molecule has 1 aliphatic heterocycles. The predicted molar refractivity (Wildman–Crippen MR) is 57.9 cm³/mol. The van der Waals surface area contributed by atoms with Crippen LogP contribution in [0.25, 0.3) is 0 Å². The maximum Gasteiger partial charge on any atom is 0.210 e. The smallest absolute Gasteiger partial charge is 0.210 e. The summed E-state index contributed by atoms with van der Waals surface area (Å²) in [6.07, 6.45) is 1.84. The summed E-state index contributed by atoms with van der Waals surface area (Å²) in [5.41, 5.74) is 2.52. The molecule has 1 aromatic rings. The van der Waals surface area contributed by atoms with Gasteiger partial charge < -0.3 is 9.64 Å². The Hall–Kier alpha value is -1.51. The van der Waals surface area contributed by atoms with Crippen LogP contribution >= 0.6 is 0 Å². The number of ether oxygens (including phenoxy) is 1. The van der Waals surface area contributed by atoms with Gasteiger partial charge in [0.15, 0.2) is 0 Å². The van der Waals surface area contributed by atoms with Crippen molar-refractivity contribution in [2.75, 3.05) is 13.7 Å².